The highest BCUT2D eigenvalue weighted by Gasteiger charge is 2.09. The van der Waals surface area contributed by atoms with Gasteiger partial charge in [-0.05, 0) is 18.2 Å². The average Bonchev–Trinajstić information content (AvgIpc) is 3.02. The maximum absolute atomic E-state index is 4.66. The maximum atomic E-state index is 4.66. The second-order valence-electron chi connectivity index (χ2n) is 4.25. The third-order valence-corrected chi connectivity index (χ3v) is 4.09. The molecule has 0 spiro atoms. The smallest absolute Gasteiger partial charge is 0.139 e. The highest BCUT2D eigenvalue weighted by molar-refractivity contribution is 7.17. The Morgan fingerprint density at radius 1 is 0.944 bits per heavy atom. The molecule has 0 saturated carbocycles. The Balaban J connectivity index is 2.01. The normalized spacial score (nSPS) is 11.3. The lowest BCUT2D eigenvalue weighted by Crippen LogP contribution is -1.77. The molecule has 0 aliphatic heterocycles. The summed E-state index contributed by atoms with van der Waals surface area (Å²) in [6, 6.07) is 16.6. The molecule has 4 rings (SSSR count). The molecule has 0 saturated heterocycles. The molecule has 2 aromatic carbocycles. The van der Waals surface area contributed by atoms with Crippen LogP contribution in [0, 0.1) is 0 Å². The van der Waals surface area contributed by atoms with Gasteiger partial charge in [0.25, 0.3) is 0 Å². The van der Waals surface area contributed by atoms with E-state index in [4.69, 9.17) is 0 Å². The molecule has 1 N–H and O–H groups in total. The van der Waals surface area contributed by atoms with Crippen LogP contribution in [0.5, 0.6) is 0 Å². The van der Waals surface area contributed by atoms with Crippen molar-refractivity contribution in [2.45, 2.75) is 0 Å². The van der Waals surface area contributed by atoms with Gasteiger partial charge >= 0.3 is 0 Å². The Hall–Kier alpha value is -2.13. The minimum Gasteiger partial charge on any atom is -0.338 e. The molecule has 86 valence electrons. The van der Waals surface area contributed by atoms with Crippen LogP contribution in [-0.4, -0.2) is 9.97 Å². The first-order valence-electron chi connectivity index (χ1n) is 5.83. The van der Waals surface area contributed by atoms with E-state index in [-0.39, 0.29) is 0 Å². The number of hydrogen-bond acceptors (Lipinski definition) is 2. The third kappa shape index (κ3) is 1.38. The van der Waals surface area contributed by atoms with Gasteiger partial charge in [-0.15, -0.1) is 11.3 Å². The highest BCUT2D eigenvalue weighted by atomic mass is 32.1. The molecule has 3 heteroatoms. The Kier molecular flexibility index (Phi) is 2.02. The van der Waals surface area contributed by atoms with Crippen LogP contribution < -0.4 is 0 Å². The van der Waals surface area contributed by atoms with Gasteiger partial charge in [-0.25, -0.2) is 4.98 Å². The quantitative estimate of drug-likeness (QED) is 0.531. The first-order chi connectivity index (χ1) is 8.92. The van der Waals surface area contributed by atoms with Crippen molar-refractivity contribution < 1.29 is 0 Å². The zero-order chi connectivity index (χ0) is 11.9. The lowest BCUT2D eigenvalue weighted by Gasteiger charge is -1.93. The van der Waals surface area contributed by atoms with Gasteiger partial charge in [0.1, 0.15) is 5.82 Å². The molecule has 0 unspecified atom stereocenters. The number of imidazole rings is 1. The van der Waals surface area contributed by atoms with Crippen LogP contribution in [0.4, 0.5) is 0 Å². The Morgan fingerprint density at radius 3 is 2.72 bits per heavy atom. The number of hydrogen-bond donors (Lipinski definition) is 1. The molecule has 0 atom stereocenters. The van der Waals surface area contributed by atoms with E-state index >= 15 is 0 Å². The van der Waals surface area contributed by atoms with Crippen LogP contribution in [0.15, 0.2) is 53.9 Å². The largest absolute Gasteiger partial charge is 0.338 e. The summed E-state index contributed by atoms with van der Waals surface area (Å²) < 4.78 is 1.30. The fraction of sp³-hybridized carbons (Fsp3) is 0. The number of H-pyrrole nitrogens is 1. The van der Waals surface area contributed by atoms with E-state index in [1.807, 2.05) is 18.2 Å². The third-order valence-electron chi connectivity index (χ3n) is 3.13. The molecule has 18 heavy (non-hydrogen) atoms. The number of rotatable bonds is 1. The molecule has 2 aromatic heterocycles. The number of fused-ring (bicyclic) bond motifs is 2. The van der Waals surface area contributed by atoms with Gasteiger partial charge in [-0.3, -0.25) is 0 Å². The number of nitrogens with one attached hydrogen (secondary N) is 1. The summed E-state index contributed by atoms with van der Waals surface area (Å²) in [5, 5.41) is 3.43. The molecule has 2 heterocycles. The minimum atomic E-state index is 0.952. The van der Waals surface area contributed by atoms with E-state index in [2.05, 4.69) is 45.7 Å². The van der Waals surface area contributed by atoms with Crippen molar-refractivity contribution in [1.29, 1.82) is 0 Å². The summed E-state index contributed by atoms with van der Waals surface area (Å²) in [5.74, 6) is 0.952. The fourth-order valence-corrected chi connectivity index (χ4v) is 3.19. The van der Waals surface area contributed by atoms with E-state index in [9.17, 15) is 0 Å². The lowest BCUT2D eigenvalue weighted by molar-refractivity contribution is 1.35. The molecule has 0 aliphatic rings. The van der Waals surface area contributed by atoms with Crippen molar-refractivity contribution in [3.8, 4) is 11.4 Å². The van der Waals surface area contributed by atoms with Gasteiger partial charge in [-0.2, -0.15) is 0 Å². The zero-order valence-electron chi connectivity index (χ0n) is 9.55. The van der Waals surface area contributed by atoms with Crippen LogP contribution >= 0.6 is 11.3 Å². The van der Waals surface area contributed by atoms with Gasteiger partial charge in [0.05, 0.1) is 11.0 Å². The first kappa shape index (κ1) is 9.85. The predicted octanol–water partition coefficient (Wildman–Crippen LogP) is 4.44. The average molecular weight is 250 g/mol. The Labute approximate surface area is 108 Å². The standard InChI is InChI=1S/C15H10N2S/c1-4-8-14-10(5-1)11(9-18-14)15-16-12-6-2-3-7-13(12)17-15/h1-9H,(H,16,17). The SMILES string of the molecule is c1ccc2[nH]c(-c3csc4ccccc34)nc2c1. The molecule has 0 radical (unpaired) electrons. The number of para-hydroxylation sites is 2. The van der Waals surface area contributed by atoms with Crippen molar-refractivity contribution in [1.82, 2.24) is 9.97 Å². The Bertz CT molecular complexity index is 809. The molecule has 4 aromatic rings. The number of aromatic nitrogens is 2. The first-order valence-corrected chi connectivity index (χ1v) is 6.71. The van der Waals surface area contributed by atoms with Crippen molar-refractivity contribution >= 4 is 32.5 Å². The lowest BCUT2D eigenvalue weighted by atomic mass is 10.2. The van der Waals surface area contributed by atoms with Crippen molar-refractivity contribution in [3.05, 3.63) is 53.9 Å². The van der Waals surface area contributed by atoms with Gasteiger partial charge in [0.2, 0.25) is 0 Å². The van der Waals surface area contributed by atoms with Crippen LogP contribution in [0.25, 0.3) is 32.5 Å². The van der Waals surface area contributed by atoms with Gasteiger partial charge in [-0.1, -0.05) is 30.3 Å². The number of nitrogens with zero attached hydrogens (tertiary/aromatic N) is 1. The van der Waals surface area contributed by atoms with Crippen LogP contribution in [-0.2, 0) is 0 Å². The molecule has 0 fully saturated rings. The summed E-state index contributed by atoms with van der Waals surface area (Å²) in [7, 11) is 0. The molecule has 2 nitrogen and oxygen atoms in total. The van der Waals surface area contributed by atoms with Crippen LogP contribution in [0.3, 0.4) is 0 Å². The number of thiophene rings is 1. The molecular weight excluding hydrogens is 240 g/mol. The van der Waals surface area contributed by atoms with Crippen molar-refractivity contribution in [2.75, 3.05) is 0 Å². The van der Waals surface area contributed by atoms with E-state index in [1.165, 1.54) is 15.6 Å². The summed E-state index contributed by atoms with van der Waals surface area (Å²) in [6.07, 6.45) is 0. The number of aromatic amines is 1. The molecule has 0 aliphatic carbocycles. The summed E-state index contributed by atoms with van der Waals surface area (Å²) in [6.45, 7) is 0. The van der Waals surface area contributed by atoms with E-state index in [1.54, 1.807) is 11.3 Å². The topological polar surface area (TPSA) is 28.7 Å². The summed E-state index contributed by atoms with van der Waals surface area (Å²) in [5.41, 5.74) is 3.29. The van der Waals surface area contributed by atoms with Gasteiger partial charge < -0.3 is 4.98 Å². The second kappa shape index (κ2) is 3.68. The zero-order valence-corrected chi connectivity index (χ0v) is 10.4. The van der Waals surface area contributed by atoms with E-state index < -0.39 is 0 Å². The van der Waals surface area contributed by atoms with Crippen LogP contribution in [0.2, 0.25) is 0 Å². The monoisotopic (exact) mass is 250 g/mol. The summed E-state index contributed by atoms with van der Waals surface area (Å²) in [4.78, 5) is 8.04. The van der Waals surface area contributed by atoms with Gasteiger partial charge in [0, 0.05) is 21.0 Å². The summed E-state index contributed by atoms with van der Waals surface area (Å²) >= 11 is 1.76. The fourth-order valence-electron chi connectivity index (χ4n) is 2.24. The maximum Gasteiger partial charge on any atom is 0.139 e. The van der Waals surface area contributed by atoms with E-state index in [0.29, 0.717) is 0 Å². The predicted molar refractivity (Wildman–Crippen MR) is 76.9 cm³/mol. The van der Waals surface area contributed by atoms with Gasteiger partial charge in [0.15, 0.2) is 0 Å². The van der Waals surface area contributed by atoms with Crippen molar-refractivity contribution in [2.24, 2.45) is 0 Å². The molecule has 0 amide bonds. The minimum absolute atomic E-state index is 0.952. The van der Waals surface area contributed by atoms with Crippen molar-refractivity contribution in [3.63, 3.8) is 0 Å². The van der Waals surface area contributed by atoms with E-state index in [0.717, 1.165) is 16.9 Å². The van der Waals surface area contributed by atoms with Crippen LogP contribution in [0.1, 0.15) is 0 Å². The number of benzene rings is 2. The molecule has 0 bridgehead atoms. The Morgan fingerprint density at radius 2 is 1.78 bits per heavy atom. The molecular formula is C15H10N2S. The highest BCUT2D eigenvalue weighted by Crippen LogP contribution is 2.33. The second-order valence-corrected chi connectivity index (χ2v) is 5.16.